The van der Waals surface area contributed by atoms with Crippen molar-refractivity contribution in [1.82, 2.24) is 10.6 Å². The van der Waals surface area contributed by atoms with Crippen molar-refractivity contribution >= 4 is 29.2 Å². The number of carbonyl (C=O) groups excluding carboxylic acids is 2. The predicted molar refractivity (Wildman–Crippen MR) is 99.8 cm³/mol. The molecule has 3 amide bonds. The van der Waals surface area contributed by atoms with Gasteiger partial charge in [0.05, 0.1) is 0 Å². The van der Waals surface area contributed by atoms with Crippen LogP contribution >= 0.6 is 11.6 Å². The first-order chi connectivity index (χ1) is 12.1. The lowest BCUT2D eigenvalue weighted by molar-refractivity contribution is 0.0953. The van der Waals surface area contributed by atoms with Crippen molar-refractivity contribution < 1.29 is 9.59 Å². The zero-order valence-electron chi connectivity index (χ0n) is 13.7. The van der Waals surface area contributed by atoms with E-state index in [0.29, 0.717) is 42.3 Å². The number of urea groups is 1. The van der Waals surface area contributed by atoms with Gasteiger partial charge in [0.25, 0.3) is 5.91 Å². The Kier molecular flexibility index (Phi) is 7.25. The van der Waals surface area contributed by atoms with Gasteiger partial charge in [-0.2, -0.15) is 0 Å². The Hall–Kier alpha value is -2.57. The molecule has 0 radical (unpaired) electrons. The third-order valence-electron chi connectivity index (χ3n) is 3.48. The molecule has 132 valence electrons. The molecule has 0 spiro atoms. The van der Waals surface area contributed by atoms with Crippen LogP contribution in [0, 0.1) is 0 Å². The Morgan fingerprint density at radius 1 is 0.920 bits per heavy atom. The maximum atomic E-state index is 12.0. The second kappa shape index (κ2) is 9.66. The van der Waals surface area contributed by atoms with E-state index < -0.39 is 0 Å². The van der Waals surface area contributed by atoms with Crippen LogP contribution in [0.4, 0.5) is 10.5 Å². The molecule has 6 nitrogen and oxygen atoms in total. The van der Waals surface area contributed by atoms with Crippen LogP contribution in [0.5, 0.6) is 0 Å². The minimum absolute atomic E-state index is 0.144. The second-order valence-corrected chi connectivity index (χ2v) is 5.83. The molecular formula is C18H21ClN4O2. The lowest BCUT2D eigenvalue weighted by atomic mass is 10.1. The standard InChI is InChI=1S/C18H21ClN4O2/c19-15-6-8-16(9-7-15)23-18(25)22-11-1-10-21-17(24)14-4-2-13(12-20)3-5-14/h2-9H,1,10-12,20H2,(H,21,24)(H2,22,23,25). The summed E-state index contributed by atoms with van der Waals surface area (Å²) in [6.45, 7) is 1.37. The van der Waals surface area contributed by atoms with E-state index in [1.807, 2.05) is 12.1 Å². The molecule has 0 aliphatic carbocycles. The fourth-order valence-corrected chi connectivity index (χ4v) is 2.22. The predicted octanol–water partition coefficient (Wildman–Crippen LogP) is 2.74. The molecule has 0 saturated heterocycles. The molecular weight excluding hydrogens is 340 g/mol. The van der Waals surface area contributed by atoms with Crippen molar-refractivity contribution in [1.29, 1.82) is 0 Å². The lowest BCUT2D eigenvalue weighted by Crippen LogP contribution is -2.32. The molecule has 2 aromatic rings. The van der Waals surface area contributed by atoms with Gasteiger partial charge in [-0.15, -0.1) is 0 Å². The molecule has 5 N–H and O–H groups in total. The molecule has 25 heavy (non-hydrogen) atoms. The van der Waals surface area contributed by atoms with Crippen molar-refractivity contribution in [3.8, 4) is 0 Å². The third kappa shape index (κ3) is 6.45. The summed E-state index contributed by atoms with van der Waals surface area (Å²) < 4.78 is 0. The maximum absolute atomic E-state index is 12.0. The van der Waals surface area contributed by atoms with Gasteiger partial charge in [-0.25, -0.2) is 4.79 Å². The number of anilines is 1. The van der Waals surface area contributed by atoms with Crippen LogP contribution < -0.4 is 21.7 Å². The first-order valence-corrected chi connectivity index (χ1v) is 8.34. The van der Waals surface area contributed by atoms with E-state index in [0.717, 1.165) is 5.56 Å². The minimum atomic E-state index is -0.300. The highest BCUT2D eigenvalue weighted by atomic mass is 35.5. The quantitative estimate of drug-likeness (QED) is 0.571. The highest BCUT2D eigenvalue weighted by Gasteiger charge is 2.05. The highest BCUT2D eigenvalue weighted by molar-refractivity contribution is 6.30. The van der Waals surface area contributed by atoms with Gasteiger partial charge < -0.3 is 21.7 Å². The van der Waals surface area contributed by atoms with Crippen molar-refractivity contribution in [2.24, 2.45) is 5.73 Å². The number of carbonyl (C=O) groups is 2. The molecule has 0 heterocycles. The summed E-state index contributed by atoms with van der Waals surface area (Å²) in [6, 6.07) is 13.7. The van der Waals surface area contributed by atoms with Crippen LogP contribution in [0.1, 0.15) is 22.3 Å². The normalized spacial score (nSPS) is 10.2. The summed E-state index contributed by atoms with van der Waals surface area (Å²) in [6.07, 6.45) is 0.626. The monoisotopic (exact) mass is 360 g/mol. The van der Waals surface area contributed by atoms with Crippen LogP contribution in [0.3, 0.4) is 0 Å². The molecule has 2 aromatic carbocycles. The van der Waals surface area contributed by atoms with Crippen molar-refractivity contribution in [2.45, 2.75) is 13.0 Å². The lowest BCUT2D eigenvalue weighted by Gasteiger charge is -2.09. The third-order valence-corrected chi connectivity index (χ3v) is 3.73. The van der Waals surface area contributed by atoms with E-state index in [-0.39, 0.29) is 11.9 Å². The number of hydrogen-bond donors (Lipinski definition) is 4. The fourth-order valence-electron chi connectivity index (χ4n) is 2.10. The van der Waals surface area contributed by atoms with Crippen LogP contribution in [-0.4, -0.2) is 25.0 Å². The van der Waals surface area contributed by atoms with Gasteiger partial charge in [-0.05, 0) is 48.4 Å². The first-order valence-electron chi connectivity index (χ1n) is 7.96. The Labute approximate surface area is 151 Å². The molecule has 0 saturated carbocycles. The van der Waals surface area contributed by atoms with E-state index in [1.54, 1.807) is 36.4 Å². The van der Waals surface area contributed by atoms with E-state index in [1.165, 1.54) is 0 Å². The second-order valence-electron chi connectivity index (χ2n) is 5.40. The van der Waals surface area contributed by atoms with E-state index >= 15 is 0 Å². The van der Waals surface area contributed by atoms with Gasteiger partial charge in [0.1, 0.15) is 0 Å². The highest BCUT2D eigenvalue weighted by Crippen LogP contribution is 2.13. The SMILES string of the molecule is NCc1ccc(C(=O)NCCCNC(=O)Nc2ccc(Cl)cc2)cc1. The number of halogens is 1. The van der Waals surface area contributed by atoms with Gasteiger partial charge in [0, 0.05) is 35.9 Å². The van der Waals surface area contributed by atoms with Crippen molar-refractivity contribution in [3.05, 3.63) is 64.7 Å². The minimum Gasteiger partial charge on any atom is -0.352 e. The van der Waals surface area contributed by atoms with Crippen LogP contribution in [0.2, 0.25) is 5.02 Å². The number of amides is 3. The molecule has 0 atom stereocenters. The number of hydrogen-bond acceptors (Lipinski definition) is 3. The van der Waals surface area contributed by atoms with Gasteiger partial charge in [-0.3, -0.25) is 4.79 Å². The molecule has 0 bridgehead atoms. The van der Waals surface area contributed by atoms with Crippen molar-refractivity contribution in [3.63, 3.8) is 0 Å². The summed E-state index contributed by atoms with van der Waals surface area (Å²) in [7, 11) is 0. The number of benzene rings is 2. The van der Waals surface area contributed by atoms with Gasteiger partial charge in [0.2, 0.25) is 0 Å². The Balaban J connectivity index is 1.62. The zero-order chi connectivity index (χ0) is 18.1. The molecule has 0 aliphatic rings. The summed E-state index contributed by atoms with van der Waals surface area (Å²) in [5.41, 5.74) is 7.75. The summed E-state index contributed by atoms with van der Waals surface area (Å²) in [5, 5.41) is 8.85. The van der Waals surface area contributed by atoms with E-state index in [4.69, 9.17) is 17.3 Å². The van der Waals surface area contributed by atoms with Gasteiger partial charge in [0.15, 0.2) is 0 Å². The molecule has 0 aromatic heterocycles. The van der Waals surface area contributed by atoms with E-state index in [9.17, 15) is 9.59 Å². The molecule has 0 aliphatic heterocycles. The fraction of sp³-hybridized carbons (Fsp3) is 0.222. The summed E-state index contributed by atoms with van der Waals surface area (Å²) in [5.74, 6) is -0.144. The molecule has 2 rings (SSSR count). The topological polar surface area (TPSA) is 96.2 Å². The van der Waals surface area contributed by atoms with Crippen LogP contribution in [0.15, 0.2) is 48.5 Å². The number of nitrogens with one attached hydrogen (secondary N) is 3. The summed E-state index contributed by atoms with van der Waals surface area (Å²) in [4.78, 5) is 23.7. The largest absolute Gasteiger partial charge is 0.352 e. The van der Waals surface area contributed by atoms with Crippen LogP contribution in [-0.2, 0) is 6.54 Å². The smallest absolute Gasteiger partial charge is 0.319 e. The Morgan fingerprint density at radius 3 is 2.20 bits per heavy atom. The summed E-state index contributed by atoms with van der Waals surface area (Å²) >= 11 is 5.78. The van der Waals surface area contributed by atoms with E-state index in [2.05, 4.69) is 16.0 Å². The zero-order valence-corrected chi connectivity index (χ0v) is 14.5. The van der Waals surface area contributed by atoms with Crippen LogP contribution in [0.25, 0.3) is 0 Å². The number of rotatable bonds is 7. The number of nitrogens with two attached hydrogens (primary N) is 1. The Morgan fingerprint density at radius 2 is 1.56 bits per heavy atom. The maximum Gasteiger partial charge on any atom is 0.319 e. The van der Waals surface area contributed by atoms with Gasteiger partial charge >= 0.3 is 6.03 Å². The van der Waals surface area contributed by atoms with Gasteiger partial charge in [-0.1, -0.05) is 23.7 Å². The molecule has 7 heteroatoms. The average molecular weight is 361 g/mol. The molecule has 0 fully saturated rings. The molecule has 0 unspecified atom stereocenters. The Bertz CT molecular complexity index is 702. The van der Waals surface area contributed by atoms with Crippen molar-refractivity contribution in [2.75, 3.05) is 18.4 Å². The first kappa shape index (κ1) is 18.8. The average Bonchev–Trinajstić information content (AvgIpc) is 2.63.